The maximum Gasteiger partial charge on any atom is 0.256 e. The van der Waals surface area contributed by atoms with Crippen molar-refractivity contribution in [3.05, 3.63) is 35.6 Å². The third-order valence-corrected chi connectivity index (χ3v) is 2.72. The van der Waals surface area contributed by atoms with Crippen molar-refractivity contribution in [1.29, 1.82) is 0 Å². The van der Waals surface area contributed by atoms with Gasteiger partial charge in [-0.25, -0.2) is 4.39 Å². The Bertz CT molecular complexity index is 462. The normalized spacial score (nSPS) is 13.2. The summed E-state index contributed by atoms with van der Waals surface area (Å²) in [6, 6.07) is 5.47. The molecule has 1 rings (SSSR count). The summed E-state index contributed by atoms with van der Waals surface area (Å²) in [6.45, 7) is 1.73. The van der Waals surface area contributed by atoms with Gasteiger partial charge in [0.25, 0.3) is 5.91 Å². The Morgan fingerprint density at radius 1 is 1.56 bits per heavy atom. The molecule has 0 aliphatic heterocycles. The molecular formula is C12H16FN3O2. The van der Waals surface area contributed by atoms with Gasteiger partial charge in [-0.15, -0.1) is 0 Å². The highest BCUT2D eigenvalue weighted by molar-refractivity contribution is 5.94. The topological polar surface area (TPSA) is 78.9 Å². The number of rotatable bonds is 4. The lowest BCUT2D eigenvalue weighted by Crippen LogP contribution is -2.38. The van der Waals surface area contributed by atoms with Gasteiger partial charge < -0.3 is 15.8 Å². The average Bonchev–Trinajstić information content (AvgIpc) is 2.37. The van der Waals surface area contributed by atoms with E-state index in [9.17, 15) is 9.18 Å². The lowest BCUT2D eigenvalue weighted by atomic mass is 10.1. The van der Waals surface area contributed by atoms with Crippen LogP contribution in [0.15, 0.2) is 29.4 Å². The fraction of sp³-hybridized carbons (Fsp3) is 0.333. The predicted molar refractivity (Wildman–Crippen MR) is 66.0 cm³/mol. The second-order valence-electron chi connectivity index (χ2n) is 4.04. The van der Waals surface area contributed by atoms with Crippen molar-refractivity contribution in [3.8, 4) is 0 Å². The Kier molecular flexibility index (Phi) is 4.65. The second-order valence-corrected chi connectivity index (χ2v) is 4.04. The third-order valence-electron chi connectivity index (χ3n) is 2.72. The van der Waals surface area contributed by atoms with E-state index in [-0.39, 0.29) is 23.9 Å². The van der Waals surface area contributed by atoms with Gasteiger partial charge in [0.2, 0.25) is 0 Å². The molecule has 1 amide bonds. The van der Waals surface area contributed by atoms with Crippen LogP contribution in [-0.2, 0) is 0 Å². The summed E-state index contributed by atoms with van der Waals surface area (Å²) < 4.78 is 13.5. The van der Waals surface area contributed by atoms with E-state index >= 15 is 0 Å². The smallest absolute Gasteiger partial charge is 0.256 e. The summed E-state index contributed by atoms with van der Waals surface area (Å²) in [5.74, 6) is -0.979. The number of amidine groups is 1. The Balaban J connectivity index is 2.81. The first-order valence-electron chi connectivity index (χ1n) is 5.45. The summed E-state index contributed by atoms with van der Waals surface area (Å²) in [7, 11) is 1.55. The minimum absolute atomic E-state index is 0.00589. The molecule has 0 heterocycles. The molecule has 5 nitrogen and oxygen atoms in total. The third kappa shape index (κ3) is 3.19. The van der Waals surface area contributed by atoms with E-state index in [0.717, 1.165) is 0 Å². The highest BCUT2D eigenvalue weighted by atomic mass is 19.1. The zero-order valence-corrected chi connectivity index (χ0v) is 10.3. The SMILES string of the molecule is CC(CC(N)=NO)N(C)C(=O)c1ccccc1F. The van der Waals surface area contributed by atoms with E-state index in [4.69, 9.17) is 10.9 Å². The molecule has 6 heteroatoms. The molecule has 0 radical (unpaired) electrons. The molecule has 0 saturated heterocycles. The maximum absolute atomic E-state index is 13.5. The van der Waals surface area contributed by atoms with Gasteiger partial charge in [0.15, 0.2) is 0 Å². The number of nitrogens with two attached hydrogens (primary N) is 1. The highest BCUT2D eigenvalue weighted by Gasteiger charge is 2.20. The van der Waals surface area contributed by atoms with Crippen molar-refractivity contribution in [3.63, 3.8) is 0 Å². The first-order chi connectivity index (χ1) is 8.47. The lowest BCUT2D eigenvalue weighted by molar-refractivity contribution is 0.0742. The van der Waals surface area contributed by atoms with Crippen molar-refractivity contribution >= 4 is 11.7 Å². The molecule has 1 unspecified atom stereocenters. The number of amides is 1. The molecule has 1 aromatic rings. The molecule has 0 fully saturated rings. The van der Waals surface area contributed by atoms with Crippen molar-refractivity contribution in [2.24, 2.45) is 10.9 Å². The van der Waals surface area contributed by atoms with E-state index in [1.165, 1.54) is 23.1 Å². The first-order valence-corrected chi connectivity index (χ1v) is 5.45. The van der Waals surface area contributed by atoms with Crippen molar-refractivity contribution in [2.75, 3.05) is 7.05 Å². The number of benzene rings is 1. The van der Waals surface area contributed by atoms with Crippen LogP contribution in [0.3, 0.4) is 0 Å². The monoisotopic (exact) mass is 253 g/mol. The van der Waals surface area contributed by atoms with Crippen molar-refractivity contribution < 1.29 is 14.4 Å². The Morgan fingerprint density at radius 3 is 2.72 bits per heavy atom. The summed E-state index contributed by atoms with van der Waals surface area (Å²) in [6.07, 6.45) is 0.215. The highest BCUT2D eigenvalue weighted by Crippen LogP contribution is 2.12. The molecule has 0 aliphatic carbocycles. The van der Waals surface area contributed by atoms with Crippen molar-refractivity contribution in [2.45, 2.75) is 19.4 Å². The molecule has 3 N–H and O–H groups in total. The van der Waals surface area contributed by atoms with Gasteiger partial charge in [-0.3, -0.25) is 4.79 Å². The van der Waals surface area contributed by atoms with Crippen LogP contribution < -0.4 is 5.73 Å². The van der Waals surface area contributed by atoms with E-state index in [1.54, 1.807) is 20.0 Å². The number of hydrogen-bond acceptors (Lipinski definition) is 3. The number of oxime groups is 1. The van der Waals surface area contributed by atoms with Crippen LogP contribution in [0.1, 0.15) is 23.7 Å². The van der Waals surface area contributed by atoms with Crippen LogP contribution in [-0.4, -0.2) is 34.9 Å². The van der Waals surface area contributed by atoms with Gasteiger partial charge >= 0.3 is 0 Å². The van der Waals surface area contributed by atoms with E-state index < -0.39 is 11.7 Å². The van der Waals surface area contributed by atoms with E-state index in [0.29, 0.717) is 0 Å². The minimum Gasteiger partial charge on any atom is -0.409 e. The van der Waals surface area contributed by atoms with E-state index in [2.05, 4.69) is 5.16 Å². The molecule has 1 aromatic carbocycles. The fourth-order valence-corrected chi connectivity index (χ4v) is 1.51. The summed E-state index contributed by atoms with van der Waals surface area (Å²) in [5.41, 5.74) is 5.37. The van der Waals surface area contributed by atoms with Crippen molar-refractivity contribution in [1.82, 2.24) is 4.90 Å². The van der Waals surface area contributed by atoms with E-state index in [1.807, 2.05) is 0 Å². The van der Waals surface area contributed by atoms with Gasteiger partial charge in [-0.2, -0.15) is 0 Å². The molecule has 0 aliphatic rings. The van der Waals surface area contributed by atoms with Gasteiger partial charge in [0.1, 0.15) is 11.7 Å². The molecule has 0 saturated carbocycles. The quantitative estimate of drug-likeness (QED) is 0.368. The average molecular weight is 253 g/mol. The van der Waals surface area contributed by atoms with Crippen LogP contribution in [0.4, 0.5) is 4.39 Å². The van der Waals surface area contributed by atoms with Gasteiger partial charge in [0, 0.05) is 19.5 Å². The zero-order chi connectivity index (χ0) is 13.7. The number of halogens is 1. The predicted octanol–water partition coefficient (Wildman–Crippen LogP) is 1.42. The Morgan fingerprint density at radius 2 is 2.17 bits per heavy atom. The van der Waals surface area contributed by atoms with Crippen LogP contribution in [0, 0.1) is 5.82 Å². The Hall–Kier alpha value is -2.11. The number of carbonyl (C=O) groups excluding carboxylic acids is 1. The van der Waals surface area contributed by atoms with Gasteiger partial charge in [-0.1, -0.05) is 17.3 Å². The molecule has 0 aromatic heterocycles. The summed E-state index contributed by atoms with van der Waals surface area (Å²) in [4.78, 5) is 13.4. The zero-order valence-electron chi connectivity index (χ0n) is 10.3. The minimum atomic E-state index is -0.564. The van der Waals surface area contributed by atoms with Crippen LogP contribution in [0.5, 0.6) is 0 Å². The largest absolute Gasteiger partial charge is 0.409 e. The Labute approximate surface area is 105 Å². The standard InChI is InChI=1S/C12H16FN3O2/c1-8(7-11(14)15-18)16(2)12(17)9-5-3-4-6-10(9)13/h3-6,8,18H,7H2,1-2H3,(H2,14,15). The fourth-order valence-electron chi connectivity index (χ4n) is 1.51. The number of hydrogen-bond donors (Lipinski definition) is 2. The van der Waals surface area contributed by atoms with Crippen LogP contribution in [0.2, 0.25) is 0 Å². The number of nitrogens with zero attached hydrogens (tertiary/aromatic N) is 2. The molecule has 18 heavy (non-hydrogen) atoms. The summed E-state index contributed by atoms with van der Waals surface area (Å²) >= 11 is 0. The van der Waals surface area contributed by atoms with Crippen LogP contribution >= 0.6 is 0 Å². The molecule has 0 bridgehead atoms. The first kappa shape index (κ1) is 14.0. The summed E-state index contributed by atoms with van der Waals surface area (Å²) in [5, 5.41) is 11.3. The molecule has 0 spiro atoms. The maximum atomic E-state index is 13.5. The second kappa shape index (κ2) is 6.00. The molecular weight excluding hydrogens is 237 g/mol. The molecule has 1 atom stereocenters. The molecule has 98 valence electrons. The van der Waals surface area contributed by atoms with Gasteiger partial charge in [0.05, 0.1) is 5.56 Å². The number of carbonyl (C=O) groups is 1. The van der Waals surface area contributed by atoms with Crippen LogP contribution in [0.25, 0.3) is 0 Å². The lowest BCUT2D eigenvalue weighted by Gasteiger charge is -2.24. The van der Waals surface area contributed by atoms with Gasteiger partial charge in [-0.05, 0) is 19.1 Å².